The predicted molar refractivity (Wildman–Crippen MR) is 154 cm³/mol. The van der Waals surface area contributed by atoms with E-state index in [1.54, 1.807) is 19.0 Å². The van der Waals surface area contributed by atoms with Gasteiger partial charge in [-0.3, -0.25) is 14.5 Å². The highest BCUT2D eigenvalue weighted by atomic mass is 19.1. The van der Waals surface area contributed by atoms with Crippen molar-refractivity contribution in [1.82, 2.24) is 15.1 Å². The molecule has 214 valence electrons. The van der Waals surface area contributed by atoms with Gasteiger partial charge in [0.05, 0.1) is 17.7 Å². The van der Waals surface area contributed by atoms with Gasteiger partial charge in [-0.1, -0.05) is 60.7 Å². The first-order valence-electron chi connectivity index (χ1n) is 13.2. The minimum Gasteiger partial charge on any atom is -0.412 e. The monoisotopic (exact) mass is 550 g/mol. The number of aliphatic hydroxyl groups is 1. The van der Waals surface area contributed by atoms with Gasteiger partial charge in [0.25, 0.3) is 5.91 Å². The molecule has 0 bridgehead atoms. The summed E-state index contributed by atoms with van der Waals surface area (Å²) < 4.78 is 13.4. The maximum Gasteiger partial charge on any atom is 0.253 e. The zero-order chi connectivity index (χ0) is 28.2. The lowest BCUT2D eigenvalue weighted by atomic mass is 9.69. The molecule has 0 aliphatic carbocycles. The van der Waals surface area contributed by atoms with Crippen LogP contribution in [0.5, 0.6) is 0 Å². The molecule has 1 aliphatic heterocycles. The van der Waals surface area contributed by atoms with Crippen LogP contribution in [0.4, 0.5) is 10.1 Å². The van der Waals surface area contributed by atoms with Crippen LogP contribution in [0.15, 0.2) is 78.9 Å². The molecule has 0 aromatic heterocycles. The van der Waals surface area contributed by atoms with Crippen LogP contribution in [0.25, 0.3) is 0 Å². The van der Waals surface area contributed by atoms with Gasteiger partial charge in [0, 0.05) is 38.9 Å². The molecule has 3 atom stereocenters. The molecule has 6 N–H and O–H groups in total. The summed E-state index contributed by atoms with van der Waals surface area (Å²) in [7, 11) is 3.55. The Bertz CT molecular complexity index is 1250. The summed E-state index contributed by atoms with van der Waals surface area (Å²) in [6, 6.07) is 22.8. The predicted octanol–water partition coefficient (Wildman–Crippen LogP) is 2.60. The number of hydrogen-bond acceptors (Lipinski definition) is 5. The Labute approximate surface area is 234 Å². The Morgan fingerprint density at radius 2 is 1.65 bits per heavy atom. The summed E-state index contributed by atoms with van der Waals surface area (Å²) >= 11 is 0. The number of hydrogen-bond donors (Lipinski definition) is 3. The van der Waals surface area contributed by atoms with Crippen molar-refractivity contribution in [1.29, 1.82) is 0 Å². The van der Waals surface area contributed by atoms with E-state index in [0.717, 1.165) is 17.2 Å². The van der Waals surface area contributed by atoms with E-state index in [0.29, 0.717) is 25.9 Å². The molecular weight excluding hydrogens is 511 g/mol. The number of nitrogen functional groups attached to an aromatic ring is 1. The second-order valence-electron chi connectivity index (χ2n) is 10.6. The number of anilines is 1. The summed E-state index contributed by atoms with van der Waals surface area (Å²) in [5, 5.41) is 13.9. The molecule has 0 saturated carbocycles. The maximum atomic E-state index is 14.0. The molecule has 0 spiro atoms. The molecule has 8 nitrogen and oxygen atoms in total. The Hall–Kier alpha value is -3.79. The number of halogens is 1. The van der Waals surface area contributed by atoms with Gasteiger partial charge in [-0.2, -0.15) is 0 Å². The number of piperidine rings is 1. The van der Waals surface area contributed by atoms with Crippen LogP contribution in [-0.2, 0) is 10.2 Å². The van der Waals surface area contributed by atoms with Crippen LogP contribution >= 0.6 is 0 Å². The lowest BCUT2D eigenvalue weighted by Crippen LogP contribution is -2.57. The molecule has 1 aliphatic rings. The number of carbonyl (C=O) groups excluding carboxylic acids is 2. The van der Waals surface area contributed by atoms with Crippen molar-refractivity contribution in [2.75, 3.05) is 32.9 Å². The molecule has 1 heterocycles. The van der Waals surface area contributed by atoms with Crippen molar-refractivity contribution in [3.8, 4) is 0 Å². The van der Waals surface area contributed by atoms with Gasteiger partial charge in [-0.25, -0.2) is 4.39 Å². The van der Waals surface area contributed by atoms with Gasteiger partial charge in [0.15, 0.2) is 0 Å². The van der Waals surface area contributed by atoms with Gasteiger partial charge >= 0.3 is 0 Å². The molecule has 3 aromatic carbocycles. The second-order valence-corrected chi connectivity index (χ2v) is 10.6. The van der Waals surface area contributed by atoms with Gasteiger partial charge in [0.1, 0.15) is 11.2 Å². The van der Waals surface area contributed by atoms with Gasteiger partial charge < -0.3 is 26.5 Å². The highest BCUT2D eigenvalue weighted by Crippen LogP contribution is 2.39. The number of likely N-dealkylation sites (tertiary alicyclic amines) is 1. The summed E-state index contributed by atoms with van der Waals surface area (Å²) in [5.74, 6) is -0.964. The second kappa shape index (κ2) is 13.0. The number of rotatable bonds is 8. The highest BCUT2D eigenvalue weighted by Gasteiger charge is 2.45. The molecule has 3 aromatic rings. The lowest BCUT2D eigenvalue weighted by Gasteiger charge is -2.44. The molecule has 40 heavy (non-hydrogen) atoms. The van der Waals surface area contributed by atoms with E-state index in [1.807, 2.05) is 60.7 Å². The number of β-amino-alcohol motifs (C(OH)–C–C–N with tert-alkyl or cyclic N) is 1. The van der Waals surface area contributed by atoms with Crippen molar-refractivity contribution in [3.63, 3.8) is 0 Å². The number of nitrogens with one attached hydrogen (secondary N) is 1. The van der Waals surface area contributed by atoms with Crippen molar-refractivity contribution < 1.29 is 24.6 Å². The van der Waals surface area contributed by atoms with Gasteiger partial charge in [-0.05, 0) is 49.1 Å². The largest absolute Gasteiger partial charge is 0.412 e. The van der Waals surface area contributed by atoms with Crippen LogP contribution in [0.3, 0.4) is 0 Å². The molecule has 0 radical (unpaired) electrons. The Kier molecular flexibility index (Phi) is 10.0. The minimum absolute atomic E-state index is 0. The average molecular weight is 551 g/mol. The molecule has 1 unspecified atom stereocenters. The van der Waals surface area contributed by atoms with E-state index in [4.69, 9.17) is 5.73 Å². The average Bonchev–Trinajstić information content (AvgIpc) is 2.93. The minimum atomic E-state index is -0.915. The van der Waals surface area contributed by atoms with Crippen molar-refractivity contribution in [2.24, 2.45) is 0 Å². The number of likely N-dealkylation sites (N-methyl/N-ethyl adjacent to an activating group) is 1. The first-order chi connectivity index (χ1) is 18.6. The number of nitrogens with two attached hydrogens (primary N) is 1. The fourth-order valence-corrected chi connectivity index (χ4v) is 5.65. The molecular formula is C31H39FN4O4. The molecule has 9 heteroatoms. The molecule has 1 saturated heterocycles. The fraction of sp³-hybridized carbons (Fsp3) is 0.355. The van der Waals surface area contributed by atoms with Crippen LogP contribution in [-0.4, -0.2) is 77.6 Å². The van der Waals surface area contributed by atoms with Crippen LogP contribution < -0.4 is 11.1 Å². The Balaban J connectivity index is 0.00000441. The summed E-state index contributed by atoms with van der Waals surface area (Å²) in [5.41, 5.74) is 6.97. The quantitative estimate of drug-likeness (QED) is 0.371. The summed E-state index contributed by atoms with van der Waals surface area (Å²) in [4.78, 5) is 30.6. The van der Waals surface area contributed by atoms with Crippen LogP contribution in [0.1, 0.15) is 41.3 Å². The third-order valence-electron chi connectivity index (χ3n) is 7.72. The van der Waals surface area contributed by atoms with E-state index in [-0.39, 0.29) is 28.7 Å². The highest BCUT2D eigenvalue weighted by molar-refractivity contribution is 5.99. The Morgan fingerprint density at radius 1 is 1.07 bits per heavy atom. The first kappa shape index (κ1) is 30.7. The van der Waals surface area contributed by atoms with Crippen molar-refractivity contribution in [3.05, 3.63) is 101 Å². The van der Waals surface area contributed by atoms with Crippen LogP contribution in [0.2, 0.25) is 0 Å². The Morgan fingerprint density at radius 3 is 2.15 bits per heavy atom. The zero-order valence-electron chi connectivity index (χ0n) is 23.2. The summed E-state index contributed by atoms with van der Waals surface area (Å²) in [6.45, 7) is 3.03. The normalized spacial score (nSPS) is 18.3. The third-order valence-corrected chi connectivity index (χ3v) is 7.72. The standard InChI is InChI=1S/C31H37FN4O3.H2O/c1-21(36-17-16-27(28(37)20-36)34-29(38)25-15-14-24(32)18-26(25)33)19-31(30(39)35(2)3,22-10-6-4-7-11-22)23-12-8-5-9-13-23;/h4-15,18,21,27-28,37H,16-17,19-20,33H2,1-3H3,(H,34,38);1H2/t21?,27-,28-;/m1./s1. The molecule has 1 fully saturated rings. The third kappa shape index (κ3) is 6.33. The van der Waals surface area contributed by atoms with Gasteiger partial charge in [0.2, 0.25) is 5.91 Å². The van der Waals surface area contributed by atoms with Crippen molar-refractivity contribution >= 4 is 17.5 Å². The van der Waals surface area contributed by atoms with Gasteiger partial charge in [-0.15, -0.1) is 0 Å². The number of aliphatic hydroxyl groups excluding tert-OH is 1. The van der Waals surface area contributed by atoms with Crippen molar-refractivity contribution in [2.45, 2.75) is 43.4 Å². The number of carbonyl (C=O) groups is 2. The topological polar surface area (TPSA) is 130 Å². The van der Waals surface area contributed by atoms with E-state index in [2.05, 4.69) is 17.1 Å². The van der Waals surface area contributed by atoms with Crippen LogP contribution in [0, 0.1) is 5.82 Å². The van der Waals surface area contributed by atoms with E-state index >= 15 is 0 Å². The smallest absolute Gasteiger partial charge is 0.253 e. The fourth-order valence-electron chi connectivity index (χ4n) is 5.65. The lowest BCUT2D eigenvalue weighted by molar-refractivity contribution is -0.134. The maximum absolute atomic E-state index is 14.0. The van der Waals surface area contributed by atoms with E-state index in [9.17, 15) is 19.1 Å². The molecule has 4 rings (SSSR count). The first-order valence-corrected chi connectivity index (χ1v) is 13.2. The number of nitrogens with zero attached hydrogens (tertiary/aromatic N) is 2. The summed E-state index contributed by atoms with van der Waals surface area (Å²) in [6.07, 6.45) is 0.205. The van der Waals surface area contributed by atoms with E-state index in [1.165, 1.54) is 12.1 Å². The number of amides is 2. The molecule has 2 amide bonds. The number of benzene rings is 3. The SMILES string of the molecule is CC(CC(C(=O)N(C)C)(c1ccccc1)c1ccccc1)N1CC[C@@H](NC(=O)c2ccc(F)cc2N)[C@H](O)C1.O. The van der Waals surface area contributed by atoms with E-state index < -0.39 is 29.3 Å². The zero-order valence-corrected chi connectivity index (χ0v) is 23.2.